The lowest BCUT2D eigenvalue weighted by atomic mass is 9.99. The number of hydrogen-bond acceptors (Lipinski definition) is 3. The summed E-state index contributed by atoms with van der Waals surface area (Å²) in [6, 6.07) is 8.97. The van der Waals surface area contributed by atoms with Gasteiger partial charge >= 0.3 is 0 Å². The molecular weight excluding hydrogens is 224 g/mol. The van der Waals surface area contributed by atoms with E-state index in [9.17, 15) is 0 Å². The zero-order chi connectivity index (χ0) is 12.5. The van der Waals surface area contributed by atoms with E-state index in [1.165, 1.54) is 18.5 Å². The number of rotatable bonds is 3. The molecule has 98 valence electrons. The monoisotopic (exact) mass is 246 g/mol. The van der Waals surface area contributed by atoms with Crippen LogP contribution in [0, 0.1) is 5.92 Å². The predicted molar refractivity (Wildman–Crippen MR) is 72.9 cm³/mol. The maximum atomic E-state index is 5.91. The van der Waals surface area contributed by atoms with Crippen LogP contribution in [0.25, 0.3) is 0 Å². The number of para-hydroxylation sites is 1. The SMILES string of the molecule is CC1CCN(CC2COc3ccccc32)C1CN. The number of ether oxygens (including phenoxy) is 1. The number of nitrogens with zero attached hydrogens (tertiary/aromatic N) is 1. The smallest absolute Gasteiger partial charge is 0.122 e. The van der Waals surface area contributed by atoms with Crippen molar-refractivity contribution in [2.45, 2.75) is 25.3 Å². The summed E-state index contributed by atoms with van der Waals surface area (Å²) in [6.45, 7) is 6.18. The van der Waals surface area contributed by atoms with E-state index in [1.807, 2.05) is 6.07 Å². The van der Waals surface area contributed by atoms with Crippen LogP contribution in [-0.2, 0) is 0 Å². The van der Waals surface area contributed by atoms with E-state index < -0.39 is 0 Å². The summed E-state index contributed by atoms with van der Waals surface area (Å²) in [6.07, 6.45) is 1.27. The number of hydrogen-bond donors (Lipinski definition) is 1. The van der Waals surface area contributed by atoms with E-state index in [0.717, 1.165) is 31.4 Å². The minimum Gasteiger partial charge on any atom is -0.493 e. The fourth-order valence-corrected chi connectivity index (χ4v) is 3.36. The van der Waals surface area contributed by atoms with Crippen LogP contribution >= 0.6 is 0 Å². The minimum absolute atomic E-state index is 0.514. The lowest BCUT2D eigenvalue weighted by Gasteiger charge is -2.27. The van der Waals surface area contributed by atoms with Crippen molar-refractivity contribution in [3.05, 3.63) is 29.8 Å². The van der Waals surface area contributed by atoms with Crippen LogP contribution in [0.15, 0.2) is 24.3 Å². The number of nitrogens with two attached hydrogens (primary N) is 1. The predicted octanol–water partition coefficient (Wildman–Crippen LogP) is 1.83. The Bertz CT molecular complexity index is 421. The third kappa shape index (κ3) is 2.02. The second-order valence-corrected chi connectivity index (χ2v) is 5.61. The van der Waals surface area contributed by atoms with Gasteiger partial charge in [-0.2, -0.15) is 0 Å². The fraction of sp³-hybridized carbons (Fsp3) is 0.600. The summed E-state index contributed by atoms with van der Waals surface area (Å²) in [4.78, 5) is 2.56. The molecule has 1 aromatic carbocycles. The van der Waals surface area contributed by atoms with Crippen LogP contribution in [0.2, 0.25) is 0 Å². The van der Waals surface area contributed by atoms with Crippen LogP contribution in [0.5, 0.6) is 5.75 Å². The van der Waals surface area contributed by atoms with Gasteiger partial charge in [-0.15, -0.1) is 0 Å². The van der Waals surface area contributed by atoms with Crippen LogP contribution in [0.3, 0.4) is 0 Å². The van der Waals surface area contributed by atoms with Gasteiger partial charge in [-0.05, 0) is 24.9 Å². The molecule has 0 aliphatic carbocycles. The highest BCUT2D eigenvalue weighted by atomic mass is 16.5. The fourth-order valence-electron chi connectivity index (χ4n) is 3.36. The lowest BCUT2D eigenvalue weighted by Crippen LogP contribution is -2.40. The van der Waals surface area contributed by atoms with Crippen molar-refractivity contribution in [2.24, 2.45) is 11.7 Å². The molecule has 0 amide bonds. The molecule has 0 radical (unpaired) electrons. The molecular formula is C15H22N2O. The first kappa shape index (κ1) is 12.0. The topological polar surface area (TPSA) is 38.5 Å². The van der Waals surface area contributed by atoms with Crippen LogP contribution in [0.4, 0.5) is 0 Å². The van der Waals surface area contributed by atoms with Crippen molar-refractivity contribution in [3.8, 4) is 5.75 Å². The van der Waals surface area contributed by atoms with Gasteiger partial charge in [0.15, 0.2) is 0 Å². The molecule has 1 saturated heterocycles. The maximum absolute atomic E-state index is 5.91. The lowest BCUT2D eigenvalue weighted by molar-refractivity contribution is 0.207. The molecule has 0 bridgehead atoms. The second kappa shape index (κ2) is 4.90. The summed E-state index contributed by atoms with van der Waals surface area (Å²) in [5, 5.41) is 0. The standard InChI is InChI=1S/C15H22N2O/c1-11-6-7-17(14(11)8-16)9-12-10-18-15-5-3-2-4-13(12)15/h2-5,11-12,14H,6-10,16H2,1H3. The Morgan fingerprint density at radius 2 is 2.22 bits per heavy atom. The third-order valence-corrected chi connectivity index (χ3v) is 4.49. The molecule has 3 rings (SSSR count). The molecule has 2 heterocycles. The Kier molecular flexibility index (Phi) is 3.27. The minimum atomic E-state index is 0.514. The van der Waals surface area contributed by atoms with Crippen molar-refractivity contribution in [2.75, 3.05) is 26.2 Å². The molecule has 3 atom stereocenters. The van der Waals surface area contributed by atoms with Gasteiger partial charge in [0.2, 0.25) is 0 Å². The highest BCUT2D eigenvalue weighted by molar-refractivity contribution is 5.39. The largest absolute Gasteiger partial charge is 0.493 e. The molecule has 18 heavy (non-hydrogen) atoms. The Morgan fingerprint density at radius 3 is 3.06 bits per heavy atom. The summed E-state index contributed by atoms with van der Waals surface area (Å²) in [5.41, 5.74) is 7.28. The van der Waals surface area contributed by atoms with Crippen molar-refractivity contribution in [3.63, 3.8) is 0 Å². The normalized spacial score (nSPS) is 31.3. The highest BCUT2D eigenvalue weighted by Gasteiger charge is 2.33. The van der Waals surface area contributed by atoms with Gasteiger partial charge in [-0.3, -0.25) is 4.90 Å². The number of fused-ring (bicyclic) bond motifs is 1. The summed E-state index contributed by atoms with van der Waals surface area (Å²) >= 11 is 0. The van der Waals surface area contributed by atoms with Gasteiger partial charge in [0.25, 0.3) is 0 Å². The Balaban J connectivity index is 1.71. The van der Waals surface area contributed by atoms with E-state index in [1.54, 1.807) is 0 Å². The van der Waals surface area contributed by atoms with E-state index in [-0.39, 0.29) is 0 Å². The molecule has 1 fully saturated rings. The molecule has 2 aliphatic heterocycles. The molecule has 2 aliphatic rings. The van der Waals surface area contributed by atoms with Crippen molar-refractivity contribution in [1.82, 2.24) is 4.90 Å². The quantitative estimate of drug-likeness (QED) is 0.884. The summed E-state index contributed by atoms with van der Waals surface area (Å²) in [7, 11) is 0. The zero-order valence-electron chi connectivity index (χ0n) is 11.0. The van der Waals surface area contributed by atoms with Gasteiger partial charge in [0.05, 0.1) is 6.61 Å². The third-order valence-electron chi connectivity index (χ3n) is 4.49. The highest BCUT2D eigenvalue weighted by Crippen LogP contribution is 2.35. The second-order valence-electron chi connectivity index (χ2n) is 5.61. The van der Waals surface area contributed by atoms with E-state index in [2.05, 4.69) is 30.0 Å². The van der Waals surface area contributed by atoms with Gasteiger partial charge in [-0.1, -0.05) is 25.1 Å². The van der Waals surface area contributed by atoms with E-state index >= 15 is 0 Å². The Labute approximate surface area is 109 Å². The van der Waals surface area contributed by atoms with Crippen molar-refractivity contribution >= 4 is 0 Å². The van der Waals surface area contributed by atoms with Gasteiger partial charge < -0.3 is 10.5 Å². The molecule has 2 N–H and O–H groups in total. The van der Waals surface area contributed by atoms with Gasteiger partial charge in [0.1, 0.15) is 5.75 Å². The van der Waals surface area contributed by atoms with Crippen LogP contribution < -0.4 is 10.5 Å². The molecule has 0 aromatic heterocycles. The first-order chi connectivity index (χ1) is 8.79. The van der Waals surface area contributed by atoms with Crippen molar-refractivity contribution in [1.29, 1.82) is 0 Å². The zero-order valence-corrected chi connectivity index (χ0v) is 11.0. The maximum Gasteiger partial charge on any atom is 0.122 e. The average molecular weight is 246 g/mol. The van der Waals surface area contributed by atoms with Gasteiger partial charge in [0, 0.05) is 30.6 Å². The first-order valence-corrected chi connectivity index (χ1v) is 6.95. The Morgan fingerprint density at radius 1 is 1.39 bits per heavy atom. The van der Waals surface area contributed by atoms with Crippen LogP contribution in [0.1, 0.15) is 24.8 Å². The average Bonchev–Trinajstić information content (AvgIpc) is 2.95. The molecule has 3 unspecified atom stereocenters. The summed E-state index contributed by atoms with van der Waals surface area (Å²) in [5.74, 6) is 2.31. The van der Waals surface area contributed by atoms with Gasteiger partial charge in [-0.25, -0.2) is 0 Å². The molecule has 1 aromatic rings. The number of benzene rings is 1. The molecule has 0 saturated carbocycles. The number of likely N-dealkylation sites (tertiary alicyclic amines) is 1. The first-order valence-electron chi connectivity index (χ1n) is 6.95. The summed E-state index contributed by atoms with van der Waals surface area (Å²) < 4.78 is 5.76. The van der Waals surface area contributed by atoms with Crippen molar-refractivity contribution < 1.29 is 4.74 Å². The Hall–Kier alpha value is -1.06. The van der Waals surface area contributed by atoms with E-state index in [0.29, 0.717) is 12.0 Å². The molecule has 0 spiro atoms. The molecule has 3 heteroatoms. The van der Waals surface area contributed by atoms with E-state index in [4.69, 9.17) is 10.5 Å². The molecule has 3 nitrogen and oxygen atoms in total. The van der Waals surface area contributed by atoms with Crippen LogP contribution in [-0.4, -0.2) is 37.2 Å².